The van der Waals surface area contributed by atoms with E-state index in [4.69, 9.17) is 26.2 Å². The lowest BCUT2D eigenvalue weighted by atomic mass is 10.2. The van der Waals surface area contributed by atoms with Gasteiger partial charge in [0.15, 0.2) is 5.69 Å². The van der Waals surface area contributed by atoms with Crippen LogP contribution < -0.4 is 25.4 Å². The van der Waals surface area contributed by atoms with Crippen LogP contribution in [0.15, 0.2) is 54.7 Å². The van der Waals surface area contributed by atoms with Gasteiger partial charge in [0, 0.05) is 36.8 Å². The van der Waals surface area contributed by atoms with Gasteiger partial charge >= 0.3 is 12.0 Å². The predicted molar refractivity (Wildman–Crippen MR) is 134 cm³/mol. The molecule has 0 fully saturated rings. The van der Waals surface area contributed by atoms with E-state index in [1.54, 1.807) is 42.5 Å². The maximum atomic E-state index is 12.5. The fourth-order valence-electron chi connectivity index (χ4n) is 3.02. The Kier molecular flexibility index (Phi) is 9.07. The Bertz CT molecular complexity index is 1250. The Balaban J connectivity index is 1.55. The zero-order chi connectivity index (χ0) is 26.1. The van der Waals surface area contributed by atoms with Crippen molar-refractivity contribution < 1.29 is 29.0 Å². The number of carbonyl (C=O) groups excluding carboxylic acids is 2. The number of hydrogen-bond donors (Lipinski definition) is 4. The number of nitrogens with zero attached hydrogens (tertiary/aromatic N) is 1. The molecule has 0 saturated carbocycles. The Morgan fingerprint density at radius 3 is 2.47 bits per heavy atom. The molecule has 3 amide bonds. The summed E-state index contributed by atoms with van der Waals surface area (Å²) in [6.07, 6.45) is 1.36. The van der Waals surface area contributed by atoms with Gasteiger partial charge in [0.25, 0.3) is 0 Å². The van der Waals surface area contributed by atoms with E-state index < -0.39 is 12.0 Å². The SMILES string of the molecule is CC(=O)NCCOc1cc(Cl)c(C)cc1NC(=O)NCc1ccc(Oc2ccnc(C(=O)O)c2)cc1. The monoisotopic (exact) mass is 512 g/mol. The normalized spacial score (nSPS) is 10.3. The first kappa shape index (κ1) is 26.3. The summed E-state index contributed by atoms with van der Waals surface area (Å²) < 4.78 is 11.3. The number of rotatable bonds is 10. The van der Waals surface area contributed by atoms with Crippen molar-refractivity contribution in [2.45, 2.75) is 20.4 Å². The highest BCUT2D eigenvalue weighted by atomic mass is 35.5. The van der Waals surface area contributed by atoms with Crippen LogP contribution in [0.5, 0.6) is 17.2 Å². The first-order valence-electron chi connectivity index (χ1n) is 10.9. The number of anilines is 1. The number of carboxylic acid groups (broad SMARTS) is 1. The molecule has 0 spiro atoms. The number of benzene rings is 2. The first-order valence-corrected chi connectivity index (χ1v) is 11.3. The van der Waals surface area contributed by atoms with Crippen LogP contribution in [0.2, 0.25) is 5.02 Å². The lowest BCUT2D eigenvalue weighted by molar-refractivity contribution is -0.119. The van der Waals surface area contributed by atoms with Crippen molar-refractivity contribution in [1.29, 1.82) is 0 Å². The van der Waals surface area contributed by atoms with Crippen molar-refractivity contribution in [2.24, 2.45) is 0 Å². The van der Waals surface area contributed by atoms with Crippen molar-refractivity contribution in [3.63, 3.8) is 0 Å². The van der Waals surface area contributed by atoms with Crippen LogP contribution in [-0.4, -0.2) is 41.1 Å². The Labute approximate surface area is 212 Å². The van der Waals surface area contributed by atoms with Gasteiger partial charge < -0.3 is 30.5 Å². The zero-order valence-electron chi connectivity index (χ0n) is 19.6. The van der Waals surface area contributed by atoms with Crippen LogP contribution in [0, 0.1) is 6.92 Å². The van der Waals surface area contributed by atoms with E-state index in [2.05, 4.69) is 20.9 Å². The fourth-order valence-corrected chi connectivity index (χ4v) is 3.17. The fraction of sp³-hybridized carbons (Fsp3) is 0.200. The summed E-state index contributed by atoms with van der Waals surface area (Å²) in [6, 6.07) is 12.7. The molecule has 1 aromatic heterocycles. The maximum Gasteiger partial charge on any atom is 0.354 e. The molecule has 0 radical (unpaired) electrons. The maximum absolute atomic E-state index is 12.5. The molecule has 10 nitrogen and oxygen atoms in total. The lowest BCUT2D eigenvalue weighted by Crippen LogP contribution is -2.29. The smallest absolute Gasteiger partial charge is 0.354 e. The minimum Gasteiger partial charge on any atom is -0.490 e. The molecule has 0 aliphatic carbocycles. The number of urea groups is 1. The molecule has 0 aliphatic rings. The van der Waals surface area contributed by atoms with Crippen molar-refractivity contribution in [3.05, 3.63) is 76.6 Å². The van der Waals surface area contributed by atoms with E-state index in [-0.39, 0.29) is 24.8 Å². The van der Waals surface area contributed by atoms with Crippen molar-refractivity contribution in [3.8, 4) is 17.2 Å². The molecule has 0 bridgehead atoms. The standard InChI is InChI=1S/C25H25ClN4O6/c1-15-11-21(23(13-20(15)26)35-10-9-27-16(2)31)30-25(34)29-14-17-3-5-18(6-4-17)36-19-7-8-28-22(12-19)24(32)33/h3-8,11-13H,9-10,14H2,1-2H3,(H,27,31)(H,32,33)(H2,29,30,34). The third-order valence-corrected chi connectivity index (χ3v) is 5.21. The third-order valence-electron chi connectivity index (χ3n) is 4.81. The molecular formula is C25H25ClN4O6. The predicted octanol–water partition coefficient (Wildman–Crippen LogP) is 4.37. The number of aromatic carboxylic acids is 1. The Morgan fingerprint density at radius 2 is 1.78 bits per heavy atom. The van der Waals surface area contributed by atoms with E-state index in [1.807, 2.05) is 6.92 Å². The minimum absolute atomic E-state index is 0.114. The highest BCUT2D eigenvalue weighted by molar-refractivity contribution is 6.31. The summed E-state index contributed by atoms with van der Waals surface area (Å²) >= 11 is 6.19. The van der Waals surface area contributed by atoms with Gasteiger partial charge in [0.2, 0.25) is 5.91 Å². The summed E-state index contributed by atoms with van der Waals surface area (Å²) in [6.45, 7) is 3.99. The second kappa shape index (κ2) is 12.4. The van der Waals surface area contributed by atoms with Gasteiger partial charge in [-0.25, -0.2) is 14.6 Å². The van der Waals surface area contributed by atoms with Gasteiger partial charge in [0.05, 0.1) is 12.2 Å². The highest BCUT2D eigenvalue weighted by Gasteiger charge is 2.12. The number of carboxylic acids is 1. The number of carbonyl (C=O) groups is 3. The third kappa shape index (κ3) is 7.88. The van der Waals surface area contributed by atoms with Gasteiger partial charge in [-0.3, -0.25) is 4.79 Å². The number of pyridine rings is 1. The largest absolute Gasteiger partial charge is 0.490 e. The summed E-state index contributed by atoms with van der Waals surface area (Å²) in [7, 11) is 0. The number of aromatic nitrogens is 1. The van der Waals surface area contributed by atoms with Crippen molar-refractivity contribution in [1.82, 2.24) is 15.6 Å². The van der Waals surface area contributed by atoms with Gasteiger partial charge in [-0.1, -0.05) is 23.7 Å². The second-order valence-electron chi connectivity index (χ2n) is 7.66. The summed E-state index contributed by atoms with van der Waals surface area (Å²) in [5.41, 5.74) is 1.91. The highest BCUT2D eigenvalue weighted by Crippen LogP contribution is 2.31. The number of amides is 3. The average Bonchev–Trinajstić information content (AvgIpc) is 2.84. The van der Waals surface area contributed by atoms with Gasteiger partial charge in [-0.2, -0.15) is 0 Å². The minimum atomic E-state index is -1.14. The molecule has 2 aromatic carbocycles. The number of hydrogen-bond acceptors (Lipinski definition) is 6. The number of halogens is 1. The average molecular weight is 513 g/mol. The number of nitrogens with one attached hydrogen (secondary N) is 3. The molecule has 0 aliphatic heterocycles. The summed E-state index contributed by atoms with van der Waals surface area (Å²) in [4.78, 5) is 38.3. The van der Waals surface area contributed by atoms with Crippen molar-refractivity contribution in [2.75, 3.05) is 18.5 Å². The quantitative estimate of drug-likeness (QED) is 0.296. The summed E-state index contributed by atoms with van der Waals surface area (Å²) in [5.74, 6) is -0.0701. The molecule has 188 valence electrons. The molecule has 0 saturated heterocycles. The molecule has 11 heteroatoms. The van der Waals surface area contributed by atoms with Crippen LogP contribution >= 0.6 is 11.6 Å². The van der Waals surface area contributed by atoms with Crippen LogP contribution in [0.4, 0.5) is 10.5 Å². The molecule has 36 heavy (non-hydrogen) atoms. The topological polar surface area (TPSA) is 139 Å². The lowest BCUT2D eigenvalue weighted by Gasteiger charge is -2.15. The van der Waals surface area contributed by atoms with Gasteiger partial charge in [0.1, 0.15) is 23.9 Å². The second-order valence-corrected chi connectivity index (χ2v) is 8.07. The van der Waals surface area contributed by atoms with Gasteiger partial charge in [-0.15, -0.1) is 0 Å². The van der Waals surface area contributed by atoms with Gasteiger partial charge in [-0.05, 0) is 42.3 Å². The zero-order valence-corrected chi connectivity index (χ0v) is 20.4. The van der Waals surface area contributed by atoms with E-state index in [0.29, 0.717) is 34.5 Å². The molecule has 3 rings (SSSR count). The molecular weight excluding hydrogens is 488 g/mol. The van der Waals surface area contributed by atoms with Crippen LogP contribution in [0.3, 0.4) is 0 Å². The molecule has 0 unspecified atom stereocenters. The van der Waals surface area contributed by atoms with Crippen LogP contribution in [-0.2, 0) is 11.3 Å². The summed E-state index contributed by atoms with van der Waals surface area (Å²) in [5, 5.41) is 17.7. The van der Waals surface area contributed by atoms with E-state index in [1.165, 1.54) is 19.2 Å². The number of aryl methyl sites for hydroxylation is 1. The number of ether oxygens (including phenoxy) is 2. The van der Waals surface area contributed by atoms with E-state index in [9.17, 15) is 14.4 Å². The van der Waals surface area contributed by atoms with Crippen LogP contribution in [0.25, 0.3) is 0 Å². The molecule has 4 N–H and O–H groups in total. The molecule has 1 heterocycles. The van der Waals surface area contributed by atoms with E-state index >= 15 is 0 Å². The Morgan fingerprint density at radius 1 is 1.03 bits per heavy atom. The first-order chi connectivity index (χ1) is 17.2. The Hall–Kier alpha value is -4.31. The molecule has 0 atom stereocenters. The molecule has 3 aromatic rings. The van der Waals surface area contributed by atoms with Crippen LogP contribution in [0.1, 0.15) is 28.5 Å². The van der Waals surface area contributed by atoms with Crippen molar-refractivity contribution >= 4 is 35.2 Å². The van der Waals surface area contributed by atoms with E-state index in [0.717, 1.165) is 11.1 Å².